The first kappa shape index (κ1) is 24.6. The van der Waals surface area contributed by atoms with E-state index >= 15 is 0 Å². The minimum atomic E-state index is -3.30. The van der Waals surface area contributed by atoms with Crippen LogP contribution < -0.4 is 0 Å². The lowest BCUT2D eigenvalue weighted by Crippen LogP contribution is -2.47. The Hall–Kier alpha value is -3.54. The molecule has 1 aliphatic heterocycles. The first-order valence-corrected chi connectivity index (χ1v) is 13.4. The van der Waals surface area contributed by atoms with E-state index in [9.17, 15) is 18.5 Å². The summed E-state index contributed by atoms with van der Waals surface area (Å²) >= 11 is 0. The number of piperidine rings is 1. The van der Waals surface area contributed by atoms with Crippen LogP contribution in [0.15, 0.2) is 78.0 Å². The number of nitrogens with zero attached hydrogens (tertiary/aromatic N) is 4. The molecule has 0 saturated carbocycles. The van der Waals surface area contributed by atoms with Crippen LogP contribution in [0.25, 0.3) is 0 Å². The normalized spacial score (nSPS) is 14.9. The van der Waals surface area contributed by atoms with Crippen LogP contribution in [0.4, 0.5) is 0 Å². The highest BCUT2D eigenvalue weighted by Crippen LogP contribution is 2.24. The van der Waals surface area contributed by atoms with Crippen LogP contribution >= 0.6 is 0 Å². The molecule has 2 heterocycles. The SMILES string of the molecule is CS(=O)(=O)c1ccccc1CN1CCC(N(Cc2cccnc2)C(=O)c2cccc(C#N)c2)CC1. The minimum absolute atomic E-state index is 0.0230. The summed E-state index contributed by atoms with van der Waals surface area (Å²) in [6.45, 7) is 2.48. The van der Waals surface area contributed by atoms with Gasteiger partial charge in [0, 0.05) is 56.4 Å². The Labute approximate surface area is 206 Å². The molecule has 0 atom stereocenters. The topological polar surface area (TPSA) is 94.4 Å². The van der Waals surface area contributed by atoms with Gasteiger partial charge in [0.2, 0.25) is 0 Å². The molecule has 3 aromatic rings. The van der Waals surface area contributed by atoms with Crippen molar-refractivity contribution in [2.45, 2.75) is 36.9 Å². The highest BCUT2D eigenvalue weighted by Gasteiger charge is 2.29. The molecule has 1 aliphatic rings. The summed E-state index contributed by atoms with van der Waals surface area (Å²) in [5, 5.41) is 9.26. The highest BCUT2D eigenvalue weighted by molar-refractivity contribution is 7.90. The molecule has 1 aromatic heterocycles. The van der Waals surface area contributed by atoms with E-state index in [2.05, 4.69) is 16.0 Å². The average molecular weight is 489 g/mol. The van der Waals surface area contributed by atoms with E-state index < -0.39 is 9.84 Å². The van der Waals surface area contributed by atoms with Gasteiger partial charge in [0.25, 0.3) is 5.91 Å². The van der Waals surface area contributed by atoms with Crippen molar-refractivity contribution >= 4 is 15.7 Å². The fourth-order valence-corrected chi connectivity index (χ4v) is 5.50. The molecular weight excluding hydrogens is 460 g/mol. The molecule has 1 amide bonds. The van der Waals surface area contributed by atoms with Gasteiger partial charge < -0.3 is 4.90 Å². The summed E-state index contributed by atoms with van der Waals surface area (Å²) in [7, 11) is -3.30. The van der Waals surface area contributed by atoms with Crippen molar-refractivity contribution in [3.05, 3.63) is 95.3 Å². The maximum atomic E-state index is 13.6. The number of aromatic nitrogens is 1. The van der Waals surface area contributed by atoms with Gasteiger partial charge in [0.1, 0.15) is 0 Å². The Bertz CT molecular complexity index is 1330. The Morgan fingerprint density at radius 3 is 2.57 bits per heavy atom. The zero-order chi connectivity index (χ0) is 24.8. The fourth-order valence-electron chi connectivity index (χ4n) is 4.57. The highest BCUT2D eigenvalue weighted by atomic mass is 32.2. The number of rotatable bonds is 7. The first-order chi connectivity index (χ1) is 16.8. The van der Waals surface area contributed by atoms with Gasteiger partial charge in [0.15, 0.2) is 9.84 Å². The van der Waals surface area contributed by atoms with Crippen molar-refractivity contribution in [3.8, 4) is 6.07 Å². The van der Waals surface area contributed by atoms with Crippen LogP contribution in [-0.2, 0) is 22.9 Å². The van der Waals surface area contributed by atoms with Crippen LogP contribution in [0.2, 0.25) is 0 Å². The summed E-state index contributed by atoms with van der Waals surface area (Å²) in [6, 6.07) is 19.9. The second kappa shape index (κ2) is 10.8. The number of benzene rings is 2. The van der Waals surface area contributed by atoms with Crippen LogP contribution in [0.1, 0.15) is 39.9 Å². The lowest BCUT2D eigenvalue weighted by molar-refractivity contribution is 0.0541. The van der Waals surface area contributed by atoms with Crippen molar-refractivity contribution in [3.63, 3.8) is 0 Å². The van der Waals surface area contributed by atoms with E-state index in [-0.39, 0.29) is 11.9 Å². The molecule has 35 heavy (non-hydrogen) atoms. The number of carbonyl (C=O) groups is 1. The molecule has 2 aromatic carbocycles. The maximum absolute atomic E-state index is 13.6. The van der Waals surface area contributed by atoms with Crippen LogP contribution in [0.5, 0.6) is 0 Å². The smallest absolute Gasteiger partial charge is 0.254 e. The van der Waals surface area contributed by atoms with E-state index in [4.69, 9.17) is 0 Å². The zero-order valence-electron chi connectivity index (χ0n) is 19.7. The van der Waals surface area contributed by atoms with Crippen LogP contribution in [0.3, 0.4) is 0 Å². The second-order valence-corrected chi connectivity index (χ2v) is 10.9. The molecular formula is C27H28N4O3S. The van der Waals surface area contributed by atoms with Gasteiger partial charge in [-0.2, -0.15) is 5.26 Å². The molecule has 8 heteroatoms. The van der Waals surface area contributed by atoms with Crippen molar-refractivity contribution in [1.29, 1.82) is 5.26 Å². The number of sulfone groups is 1. The Morgan fingerprint density at radius 1 is 1.11 bits per heavy atom. The maximum Gasteiger partial charge on any atom is 0.254 e. The summed E-state index contributed by atoms with van der Waals surface area (Å²) in [5.74, 6) is -0.105. The van der Waals surface area contributed by atoms with Crippen LogP contribution in [-0.4, -0.2) is 54.5 Å². The number of nitriles is 1. The first-order valence-electron chi connectivity index (χ1n) is 11.6. The number of pyridine rings is 1. The summed E-state index contributed by atoms with van der Waals surface area (Å²) in [6.07, 6.45) is 6.25. The zero-order valence-corrected chi connectivity index (χ0v) is 20.5. The third-order valence-electron chi connectivity index (χ3n) is 6.34. The van der Waals surface area contributed by atoms with E-state index in [0.29, 0.717) is 29.1 Å². The number of hydrogen-bond acceptors (Lipinski definition) is 6. The quantitative estimate of drug-likeness (QED) is 0.504. The monoisotopic (exact) mass is 488 g/mol. The van der Waals surface area contributed by atoms with E-state index in [1.165, 1.54) is 6.26 Å². The molecule has 0 unspecified atom stereocenters. The Balaban J connectivity index is 1.51. The Kier molecular flexibility index (Phi) is 7.59. The molecule has 7 nitrogen and oxygen atoms in total. The molecule has 0 bridgehead atoms. The number of likely N-dealkylation sites (tertiary alicyclic amines) is 1. The molecule has 0 N–H and O–H groups in total. The molecule has 0 aliphatic carbocycles. The van der Waals surface area contributed by atoms with Crippen molar-refractivity contribution in [2.75, 3.05) is 19.3 Å². The van der Waals surface area contributed by atoms with Gasteiger partial charge in [-0.15, -0.1) is 0 Å². The lowest BCUT2D eigenvalue weighted by Gasteiger charge is -2.39. The van der Waals surface area contributed by atoms with Gasteiger partial charge in [-0.05, 0) is 54.3 Å². The predicted octanol–water partition coefficient (Wildman–Crippen LogP) is 3.66. The summed E-state index contributed by atoms with van der Waals surface area (Å²) < 4.78 is 24.4. The lowest BCUT2D eigenvalue weighted by atomic mass is 10.00. The van der Waals surface area contributed by atoms with Crippen molar-refractivity contribution < 1.29 is 13.2 Å². The van der Waals surface area contributed by atoms with Gasteiger partial charge in [-0.3, -0.25) is 14.7 Å². The molecule has 0 radical (unpaired) electrons. The third kappa shape index (κ3) is 6.13. The molecule has 1 saturated heterocycles. The van der Waals surface area contributed by atoms with Gasteiger partial charge in [-0.25, -0.2) is 8.42 Å². The van der Waals surface area contributed by atoms with Gasteiger partial charge in [-0.1, -0.05) is 30.3 Å². The Morgan fingerprint density at radius 2 is 1.89 bits per heavy atom. The van der Waals surface area contributed by atoms with Crippen molar-refractivity contribution in [1.82, 2.24) is 14.8 Å². The molecule has 0 spiro atoms. The van der Waals surface area contributed by atoms with E-state index in [1.54, 1.807) is 48.8 Å². The summed E-state index contributed by atoms with van der Waals surface area (Å²) in [4.78, 5) is 22.2. The minimum Gasteiger partial charge on any atom is -0.331 e. The molecule has 4 rings (SSSR count). The van der Waals surface area contributed by atoms with E-state index in [1.807, 2.05) is 29.2 Å². The molecule has 1 fully saturated rings. The average Bonchev–Trinajstić information content (AvgIpc) is 2.88. The van der Waals surface area contributed by atoms with Crippen LogP contribution in [0, 0.1) is 11.3 Å². The number of hydrogen-bond donors (Lipinski definition) is 0. The standard InChI is InChI=1S/C27H28N4O3S/c1-35(33,34)26-10-3-2-8-24(26)20-30-14-11-25(12-15-30)31(19-22-7-5-13-29-18-22)27(32)23-9-4-6-21(16-23)17-28/h2-10,13,16,18,25H,11-12,14-15,19-20H2,1H3. The van der Waals surface area contributed by atoms with Gasteiger partial charge >= 0.3 is 0 Å². The largest absolute Gasteiger partial charge is 0.331 e. The predicted molar refractivity (Wildman–Crippen MR) is 133 cm³/mol. The second-order valence-electron chi connectivity index (χ2n) is 8.87. The van der Waals surface area contributed by atoms with Gasteiger partial charge in [0.05, 0.1) is 16.5 Å². The third-order valence-corrected chi connectivity index (χ3v) is 7.54. The summed E-state index contributed by atoms with van der Waals surface area (Å²) in [5.41, 5.74) is 2.70. The number of amides is 1. The fraction of sp³-hybridized carbons (Fsp3) is 0.296. The molecule has 180 valence electrons. The number of carbonyl (C=O) groups excluding carboxylic acids is 1. The van der Waals surface area contributed by atoms with Crippen molar-refractivity contribution in [2.24, 2.45) is 0 Å². The van der Waals surface area contributed by atoms with E-state index in [0.717, 1.165) is 37.1 Å².